The molecular formula is C22H37N3O4S. The molecule has 0 spiro atoms. The normalized spacial score (nSPS) is 24.3. The van der Waals surface area contributed by atoms with Crippen molar-refractivity contribution in [3.63, 3.8) is 0 Å². The van der Waals surface area contributed by atoms with E-state index in [-0.39, 0.29) is 48.4 Å². The molecule has 30 heavy (non-hydrogen) atoms. The van der Waals surface area contributed by atoms with Gasteiger partial charge in [0, 0.05) is 24.0 Å². The number of urea groups is 1. The van der Waals surface area contributed by atoms with Crippen LogP contribution in [0.25, 0.3) is 0 Å². The lowest BCUT2D eigenvalue weighted by molar-refractivity contribution is -0.148. The van der Waals surface area contributed by atoms with Crippen LogP contribution < -0.4 is 16.0 Å². The van der Waals surface area contributed by atoms with Gasteiger partial charge in [-0.05, 0) is 31.6 Å². The van der Waals surface area contributed by atoms with Gasteiger partial charge in [0.25, 0.3) is 0 Å². The first-order valence-corrected chi connectivity index (χ1v) is 12.2. The maximum Gasteiger partial charge on any atom is 0.315 e. The number of hydrogen-bond donors (Lipinski definition) is 3. The first-order chi connectivity index (χ1) is 14.4. The number of nitrogens with one attached hydrogen (secondary N) is 3. The van der Waals surface area contributed by atoms with Crippen LogP contribution in [-0.4, -0.2) is 54.1 Å². The van der Waals surface area contributed by atoms with Crippen molar-refractivity contribution in [3.8, 4) is 0 Å². The fourth-order valence-electron chi connectivity index (χ4n) is 3.94. The van der Waals surface area contributed by atoms with Gasteiger partial charge in [-0.15, -0.1) is 0 Å². The van der Waals surface area contributed by atoms with Crippen molar-refractivity contribution in [1.82, 2.24) is 16.0 Å². The zero-order chi connectivity index (χ0) is 21.9. The van der Waals surface area contributed by atoms with Crippen molar-refractivity contribution in [2.45, 2.75) is 76.1 Å². The number of esters is 1. The van der Waals surface area contributed by atoms with Crippen molar-refractivity contribution in [1.29, 1.82) is 0 Å². The van der Waals surface area contributed by atoms with Gasteiger partial charge in [0.15, 0.2) is 0 Å². The monoisotopic (exact) mass is 439 g/mol. The minimum Gasteiger partial charge on any atom is -0.461 e. The molecule has 3 N–H and O–H groups in total. The highest BCUT2D eigenvalue weighted by atomic mass is 32.2. The third-order valence-corrected chi connectivity index (χ3v) is 7.57. The summed E-state index contributed by atoms with van der Waals surface area (Å²) in [5, 5.41) is 9.41. The van der Waals surface area contributed by atoms with E-state index < -0.39 is 0 Å². The second kappa shape index (κ2) is 12.9. The average molecular weight is 440 g/mol. The largest absolute Gasteiger partial charge is 0.461 e. The Morgan fingerprint density at radius 2 is 2.07 bits per heavy atom. The number of carbonyl (C=O) groups excluding carboxylic acids is 3. The molecule has 0 aromatic rings. The van der Waals surface area contributed by atoms with Gasteiger partial charge in [0.2, 0.25) is 5.91 Å². The summed E-state index contributed by atoms with van der Waals surface area (Å²) in [6.07, 6.45) is 7.87. The van der Waals surface area contributed by atoms with Gasteiger partial charge in [-0.25, -0.2) is 4.79 Å². The minimum absolute atomic E-state index is 0.0499. The Labute approximate surface area is 184 Å². The first-order valence-electron chi connectivity index (χ1n) is 11.1. The Hall–Kier alpha value is -1.70. The molecule has 2 aliphatic heterocycles. The fraction of sp³-hybridized carbons (Fsp3) is 0.773. The molecule has 0 aliphatic carbocycles. The molecule has 7 nitrogen and oxygen atoms in total. The van der Waals surface area contributed by atoms with Crippen LogP contribution in [0.5, 0.6) is 0 Å². The van der Waals surface area contributed by atoms with Crippen molar-refractivity contribution in [2.75, 3.05) is 18.9 Å². The molecule has 5 atom stereocenters. The van der Waals surface area contributed by atoms with Gasteiger partial charge in [0.1, 0.15) is 6.61 Å². The van der Waals surface area contributed by atoms with Crippen molar-refractivity contribution < 1.29 is 19.1 Å². The number of unbranched alkanes of at least 4 members (excludes halogenated alkanes) is 2. The predicted molar refractivity (Wildman–Crippen MR) is 120 cm³/mol. The summed E-state index contributed by atoms with van der Waals surface area (Å²) < 4.78 is 5.10. The van der Waals surface area contributed by atoms with Crippen LogP contribution in [-0.2, 0) is 14.3 Å². The molecule has 2 heterocycles. The Morgan fingerprint density at radius 1 is 1.27 bits per heavy atom. The van der Waals surface area contributed by atoms with E-state index in [1.54, 1.807) is 6.08 Å². The van der Waals surface area contributed by atoms with E-state index in [0.29, 0.717) is 18.2 Å². The summed E-state index contributed by atoms with van der Waals surface area (Å²) in [5.41, 5.74) is 0. The van der Waals surface area contributed by atoms with Crippen LogP contribution in [0.2, 0.25) is 0 Å². The van der Waals surface area contributed by atoms with Crippen molar-refractivity contribution >= 4 is 29.7 Å². The Morgan fingerprint density at radius 3 is 2.83 bits per heavy atom. The minimum atomic E-state index is -0.172. The lowest BCUT2D eigenvalue weighted by Gasteiger charge is -2.18. The molecular weight excluding hydrogens is 402 g/mol. The molecule has 0 radical (unpaired) electrons. The van der Waals surface area contributed by atoms with E-state index >= 15 is 0 Å². The van der Waals surface area contributed by atoms with Crippen LogP contribution >= 0.6 is 11.8 Å². The molecule has 0 bridgehead atoms. The lowest BCUT2D eigenvalue weighted by atomic mass is 9.91. The zero-order valence-electron chi connectivity index (χ0n) is 18.3. The summed E-state index contributed by atoms with van der Waals surface area (Å²) >= 11 is 1.91. The Bertz CT molecular complexity index is 601. The number of fused-ring (bicyclic) bond motifs is 1. The zero-order valence-corrected chi connectivity index (χ0v) is 19.1. The first kappa shape index (κ1) is 24.6. The standard InChI is InChI=1S/C22H37N3O4S/c1-4-13-29-21(27)16(3)15(2)9-7-8-12-23-19(26)11-6-5-10-18-20-17(14-30-18)24-22(28)25-20/h4,15-18,20H,1,5-14H2,2-3H3,(H,23,26)(H2,24,25,28)/t15-,16?,17+,18-,20+/m0/s1. The summed E-state index contributed by atoms with van der Waals surface area (Å²) in [4.78, 5) is 35.3. The van der Waals surface area contributed by atoms with Gasteiger partial charge in [0.05, 0.1) is 18.0 Å². The molecule has 2 saturated heterocycles. The van der Waals surface area contributed by atoms with Gasteiger partial charge >= 0.3 is 12.0 Å². The topological polar surface area (TPSA) is 96.5 Å². The van der Waals surface area contributed by atoms with E-state index in [0.717, 1.165) is 44.3 Å². The van der Waals surface area contributed by atoms with E-state index in [1.165, 1.54) is 0 Å². The highest BCUT2D eigenvalue weighted by molar-refractivity contribution is 8.00. The van der Waals surface area contributed by atoms with E-state index in [9.17, 15) is 14.4 Å². The van der Waals surface area contributed by atoms with Crippen LogP contribution in [0, 0.1) is 11.8 Å². The number of ether oxygens (including phenoxy) is 1. The summed E-state index contributed by atoms with van der Waals surface area (Å²) in [6.45, 7) is 8.46. The van der Waals surface area contributed by atoms with Crippen molar-refractivity contribution in [2.24, 2.45) is 11.8 Å². The fourth-order valence-corrected chi connectivity index (χ4v) is 5.48. The highest BCUT2D eigenvalue weighted by Gasteiger charge is 2.42. The molecule has 2 rings (SSSR count). The third-order valence-electron chi connectivity index (χ3n) is 6.06. The van der Waals surface area contributed by atoms with Crippen molar-refractivity contribution in [3.05, 3.63) is 12.7 Å². The number of rotatable bonds is 14. The molecule has 0 saturated carbocycles. The SMILES string of the molecule is C=CCOC(=O)C(C)[C@@H](C)CCCCNC(=O)CCCC[C@@H]1SC[C@H]2NC(=O)N[C@@H]12. The predicted octanol–water partition coefficient (Wildman–Crippen LogP) is 3.00. The number of carbonyl (C=O) groups is 3. The second-order valence-corrected chi connectivity index (χ2v) is 9.67. The van der Waals surface area contributed by atoms with E-state index in [2.05, 4.69) is 29.5 Å². The second-order valence-electron chi connectivity index (χ2n) is 8.40. The molecule has 3 amide bonds. The average Bonchev–Trinajstić information content (AvgIpc) is 3.27. The summed E-state index contributed by atoms with van der Waals surface area (Å²) in [5.74, 6) is 1.04. The molecule has 2 aliphatic rings. The third kappa shape index (κ3) is 7.85. The van der Waals surface area contributed by atoms with Gasteiger partial charge < -0.3 is 20.7 Å². The molecule has 1 unspecified atom stereocenters. The Kier molecular flexibility index (Phi) is 10.5. The maximum absolute atomic E-state index is 12.0. The van der Waals surface area contributed by atoms with Crippen LogP contribution in [0.3, 0.4) is 0 Å². The molecule has 8 heteroatoms. The van der Waals surface area contributed by atoms with Gasteiger partial charge in [-0.1, -0.05) is 39.3 Å². The number of hydrogen-bond acceptors (Lipinski definition) is 5. The van der Waals surface area contributed by atoms with E-state index in [1.807, 2.05) is 18.7 Å². The van der Waals surface area contributed by atoms with Gasteiger partial charge in [-0.3, -0.25) is 9.59 Å². The molecule has 0 aromatic carbocycles. The van der Waals surface area contributed by atoms with E-state index in [4.69, 9.17) is 4.74 Å². The molecule has 2 fully saturated rings. The lowest BCUT2D eigenvalue weighted by Crippen LogP contribution is -2.36. The van der Waals surface area contributed by atoms with Crippen LogP contribution in [0.1, 0.15) is 58.8 Å². The quantitative estimate of drug-likeness (QED) is 0.167. The molecule has 0 aromatic heterocycles. The number of amides is 3. The highest BCUT2D eigenvalue weighted by Crippen LogP contribution is 2.33. The number of thioether (sulfide) groups is 1. The van der Waals surface area contributed by atoms with Crippen LogP contribution in [0.15, 0.2) is 12.7 Å². The molecule has 170 valence electrons. The van der Waals surface area contributed by atoms with Gasteiger partial charge in [-0.2, -0.15) is 11.8 Å². The smallest absolute Gasteiger partial charge is 0.315 e. The van der Waals surface area contributed by atoms with Crippen LogP contribution in [0.4, 0.5) is 4.79 Å². The Balaban J connectivity index is 1.46. The maximum atomic E-state index is 12.0. The summed E-state index contributed by atoms with van der Waals surface area (Å²) in [7, 11) is 0. The summed E-state index contributed by atoms with van der Waals surface area (Å²) in [6, 6.07) is 0.454.